The van der Waals surface area contributed by atoms with Gasteiger partial charge in [-0.25, -0.2) is 0 Å². The van der Waals surface area contributed by atoms with Crippen molar-refractivity contribution in [2.75, 3.05) is 20.8 Å². The van der Waals surface area contributed by atoms with Gasteiger partial charge < -0.3 is 14.4 Å². The van der Waals surface area contributed by atoms with E-state index in [1.54, 1.807) is 13.2 Å². The first-order valence-corrected chi connectivity index (χ1v) is 9.65. The number of hydrogen-bond acceptors (Lipinski definition) is 3. The van der Waals surface area contributed by atoms with Gasteiger partial charge in [-0.1, -0.05) is 32.6 Å². The van der Waals surface area contributed by atoms with E-state index in [0.717, 1.165) is 23.7 Å². The molecule has 5 heteroatoms. The van der Waals surface area contributed by atoms with Gasteiger partial charge in [0.25, 0.3) is 5.91 Å². The molecule has 1 amide bonds. The number of benzene rings is 1. The van der Waals surface area contributed by atoms with Gasteiger partial charge in [-0.2, -0.15) is 0 Å². The molecule has 4 nitrogen and oxygen atoms in total. The van der Waals surface area contributed by atoms with Gasteiger partial charge in [-0.05, 0) is 47.3 Å². The van der Waals surface area contributed by atoms with Gasteiger partial charge in [0.1, 0.15) is 0 Å². The van der Waals surface area contributed by atoms with Crippen molar-refractivity contribution in [2.24, 2.45) is 0 Å². The monoisotopic (exact) mass is 397 g/mol. The molecule has 2 rings (SSSR count). The fourth-order valence-corrected chi connectivity index (χ4v) is 3.76. The molecule has 0 atom stereocenters. The van der Waals surface area contributed by atoms with E-state index in [1.807, 2.05) is 18.0 Å². The van der Waals surface area contributed by atoms with E-state index in [-0.39, 0.29) is 5.91 Å². The highest BCUT2D eigenvalue weighted by atomic mass is 79.9. The summed E-state index contributed by atoms with van der Waals surface area (Å²) >= 11 is 3.52. The van der Waals surface area contributed by atoms with Crippen LogP contribution >= 0.6 is 15.9 Å². The molecule has 0 unspecified atom stereocenters. The van der Waals surface area contributed by atoms with Crippen LogP contribution in [0.3, 0.4) is 0 Å². The summed E-state index contributed by atoms with van der Waals surface area (Å²) in [7, 11) is 3.52. The first-order chi connectivity index (χ1) is 11.6. The highest BCUT2D eigenvalue weighted by Crippen LogP contribution is 2.37. The fourth-order valence-electron chi connectivity index (χ4n) is 3.20. The van der Waals surface area contributed by atoms with Gasteiger partial charge in [0, 0.05) is 18.7 Å². The summed E-state index contributed by atoms with van der Waals surface area (Å²) in [6.45, 7) is 2.67. The number of nitrogens with zero attached hydrogens (tertiary/aromatic N) is 1. The smallest absolute Gasteiger partial charge is 0.254 e. The van der Waals surface area contributed by atoms with Crippen LogP contribution in [-0.4, -0.2) is 37.6 Å². The molecule has 1 saturated carbocycles. The highest BCUT2D eigenvalue weighted by molar-refractivity contribution is 9.10. The van der Waals surface area contributed by atoms with E-state index in [0.29, 0.717) is 29.7 Å². The summed E-state index contributed by atoms with van der Waals surface area (Å²) < 4.78 is 11.9. The Hall–Kier alpha value is -1.23. The Morgan fingerprint density at radius 2 is 1.92 bits per heavy atom. The second-order valence-corrected chi connectivity index (χ2v) is 7.25. The molecule has 24 heavy (non-hydrogen) atoms. The molecule has 1 aromatic rings. The van der Waals surface area contributed by atoms with Crippen LogP contribution in [-0.2, 0) is 0 Å². The molecule has 0 bridgehead atoms. The van der Waals surface area contributed by atoms with Crippen LogP contribution in [0.1, 0.15) is 62.2 Å². The molecule has 1 aliphatic carbocycles. The van der Waals surface area contributed by atoms with Crippen molar-refractivity contribution < 1.29 is 14.3 Å². The Kier molecular flexibility index (Phi) is 7.40. The predicted octanol–water partition coefficient (Wildman–Crippen LogP) is 5.04. The summed E-state index contributed by atoms with van der Waals surface area (Å²) in [6, 6.07) is 3.95. The molecule has 1 aliphatic rings. The molecule has 1 aromatic carbocycles. The van der Waals surface area contributed by atoms with Crippen molar-refractivity contribution in [3.05, 3.63) is 22.2 Å². The van der Waals surface area contributed by atoms with Gasteiger partial charge in [0.05, 0.1) is 18.2 Å². The third-order valence-electron chi connectivity index (χ3n) is 4.62. The summed E-state index contributed by atoms with van der Waals surface area (Å²) in [6.07, 6.45) is 8.08. The summed E-state index contributed by atoms with van der Waals surface area (Å²) in [4.78, 5) is 14.8. The molecular formula is C19H28BrNO3. The van der Waals surface area contributed by atoms with Crippen molar-refractivity contribution >= 4 is 21.8 Å². The van der Waals surface area contributed by atoms with E-state index >= 15 is 0 Å². The number of carbonyl (C=O) groups is 1. The number of methoxy groups -OCH3 is 1. The number of amides is 1. The van der Waals surface area contributed by atoms with E-state index in [9.17, 15) is 4.79 Å². The predicted molar refractivity (Wildman–Crippen MR) is 100 cm³/mol. The van der Waals surface area contributed by atoms with Crippen LogP contribution in [0.25, 0.3) is 0 Å². The molecule has 0 spiro atoms. The van der Waals surface area contributed by atoms with Crippen LogP contribution in [0.5, 0.6) is 11.5 Å². The minimum absolute atomic E-state index is 0.0444. The Balaban J connectivity index is 2.20. The quantitative estimate of drug-likeness (QED) is 0.630. The Bertz CT molecular complexity index is 554. The first-order valence-electron chi connectivity index (χ1n) is 8.86. The Labute approximate surface area is 153 Å². The number of ether oxygens (including phenoxy) is 2. The number of hydrogen-bond donors (Lipinski definition) is 0. The van der Waals surface area contributed by atoms with Crippen LogP contribution in [0, 0.1) is 0 Å². The zero-order valence-corrected chi connectivity index (χ0v) is 16.5. The standard InChI is InChI=1S/C19H28BrNO3/c1-4-11-24-18-16(20)12-14(13-17(18)23-3)19(22)21(2)15-9-7-5-6-8-10-15/h12-13,15H,4-11H2,1-3H3. The lowest BCUT2D eigenvalue weighted by Gasteiger charge is -2.27. The van der Waals surface area contributed by atoms with Crippen molar-refractivity contribution in [1.82, 2.24) is 4.90 Å². The lowest BCUT2D eigenvalue weighted by molar-refractivity contribution is 0.0717. The average molecular weight is 398 g/mol. The van der Waals surface area contributed by atoms with Crippen LogP contribution in [0.2, 0.25) is 0 Å². The lowest BCUT2D eigenvalue weighted by Crippen LogP contribution is -2.36. The fraction of sp³-hybridized carbons (Fsp3) is 0.632. The third kappa shape index (κ3) is 4.65. The molecule has 0 saturated heterocycles. The first kappa shape index (κ1) is 19.1. The largest absolute Gasteiger partial charge is 0.493 e. The molecule has 134 valence electrons. The molecular weight excluding hydrogens is 370 g/mol. The van der Waals surface area contributed by atoms with E-state index in [1.165, 1.54) is 25.7 Å². The second-order valence-electron chi connectivity index (χ2n) is 6.40. The number of rotatable bonds is 6. The van der Waals surface area contributed by atoms with Crippen molar-refractivity contribution in [3.63, 3.8) is 0 Å². The van der Waals surface area contributed by atoms with Gasteiger partial charge >= 0.3 is 0 Å². The Morgan fingerprint density at radius 3 is 2.50 bits per heavy atom. The Morgan fingerprint density at radius 1 is 1.25 bits per heavy atom. The number of halogens is 1. The summed E-state index contributed by atoms with van der Waals surface area (Å²) in [5.41, 5.74) is 0.634. The summed E-state index contributed by atoms with van der Waals surface area (Å²) in [5.74, 6) is 1.30. The zero-order valence-electron chi connectivity index (χ0n) is 14.9. The molecule has 1 fully saturated rings. The maximum Gasteiger partial charge on any atom is 0.254 e. The number of carbonyl (C=O) groups excluding carboxylic acids is 1. The van der Waals surface area contributed by atoms with Gasteiger partial charge in [0.15, 0.2) is 11.5 Å². The van der Waals surface area contributed by atoms with E-state index in [4.69, 9.17) is 9.47 Å². The van der Waals surface area contributed by atoms with Crippen molar-refractivity contribution in [3.8, 4) is 11.5 Å². The lowest BCUT2D eigenvalue weighted by atomic mass is 10.1. The third-order valence-corrected chi connectivity index (χ3v) is 5.21. The minimum atomic E-state index is 0.0444. The van der Waals surface area contributed by atoms with E-state index in [2.05, 4.69) is 22.9 Å². The van der Waals surface area contributed by atoms with Crippen LogP contribution in [0.4, 0.5) is 0 Å². The van der Waals surface area contributed by atoms with Crippen LogP contribution in [0.15, 0.2) is 16.6 Å². The molecule has 0 N–H and O–H groups in total. The average Bonchev–Trinajstić information content (AvgIpc) is 2.88. The normalized spacial score (nSPS) is 15.7. The molecule has 0 heterocycles. The van der Waals surface area contributed by atoms with Crippen LogP contribution < -0.4 is 9.47 Å². The van der Waals surface area contributed by atoms with Crippen molar-refractivity contribution in [1.29, 1.82) is 0 Å². The molecule has 0 aromatic heterocycles. The van der Waals surface area contributed by atoms with Crippen molar-refractivity contribution in [2.45, 2.75) is 57.9 Å². The van der Waals surface area contributed by atoms with Gasteiger partial charge in [-0.15, -0.1) is 0 Å². The molecule has 0 radical (unpaired) electrons. The maximum absolute atomic E-state index is 12.9. The minimum Gasteiger partial charge on any atom is -0.493 e. The highest BCUT2D eigenvalue weighted by Gasteiger charge is 2.24. The van der Waals surface area contributed by atoms with Gasteiger partial charge in [-0.3, -0.25) is 4.79 Å². The SMILES string of the molecule is CCCOc1c(Br)cc(C(=O)N(C)C2CCCCCC2)cc1OC. The van der Waals surface area contributed by atoms with E-state index < -0.39 is 0 Å². The zero-order chi connectivity index (χ0) is 17.5. The van der Waals surface area contributed by atoms with Gasteiger partial charge in [0.2, 0.25) is 0 Å². The molecule has 0 aliphatic heterocycles. The maximum atomic E-state index is 12.9. The summed E-state index contributed by atoms with van der Waals surface area (Å²) in [5, 5.41) is 0. The second kappa shape index (κ2) is 9.30. The topological polar surface area (TPSA) is 38.8 Å².